The van der Waals surface area contributed by atoms with E-state index in [4.69, 9.17) is 4.42 Å². The topological polar surface area (TPSA) is 50.5 Å². The van der Waals surface area contributed by atoms with Crippen LogP contribution in [-0.4, -0.2) is 19.9 Å². The van der Waals surface area contributed by atoms with Crippen LogP contribution in [0.5, 0.6) is 0 Å². The summed E-state index contributed by atoms with van der Waals surface area (Å²) in [5.74, 6) is -0.149. The van der Waals surface area contributed by atoms with Gasteiger partial charge in [-0.3, -0.25) is 4.79 Å². The van der Waals surface area contributed by atoms with Crippen molar-refractivity contribution in [2.24, 2.45) is 0 Å². The molecular formula is C22H21NO3. The number of benzene rings is 2. The van der Waals surface area contributed by atoms with Crippen molar-refractivity contribution in [2.75, 3.05) is 19.0 Å². The molecule has 0 unspecified atom stereocenters. The van der Waals surface area contributed by atoms with E-state index in [1.807, 2.05) is 57.1 Å². The first kappa shape index (κ1) is 17.7. The second-order valence-electron chi connectivity index (χ2n) is 6.62. The third-order valence-electron chi connectivity index (χ3n) is 4.31. The van der Waals surface area contributed by atoms with Crippen LogP contribution < -0.4 is 10.5 Å². The standard InChI is InChI=1S/C22H21NO3/c1-14-5-7-16(8-6-14)20(24)10-9-17-12-18-11-15(2)19(23(3)4)13-21(18)26-22(17)25/h5-13H,1-4H3/b10-9+. The van der Waals surface area contributed by atoms with Gasteiger partial charge in [-0.25, -0.2) is 4.79 Å². The van der Waals surface area contributed by atoms with Crippen molar-refractivity contribution in [3.63, 3.8) is 0 Å². The minimum Gasteiger partial charge on any atom is -0.422 e. The molecule has 0 N–H and O–H groups in total. The molecule has 3 rings (SSSR count). The quantitative estimate of drug-likeness (QED) is 0.399. The molecule has 4 nitrogen and oxygen atoms in total. The molecule has 0 radical (unpaired) electrons. The van der Waals surface area contributed by atoms with Crippen molar-refractivity contribution in [1.82, 2.24) is 0 Å². The first-order valence-electron chi connectivity index (χ1n) is 8.40. The zero-order valence-electron chi connectivity index (χ0n) is 15.4. The van der Waals surface area contributed by atoms with Gasteiger partial charge in [0.25, 0.3) is 0 Å². The normalized spacial score (nSPS) is 11.2. The van der Waals surface area contributed by atoms with Crippen LogP contribution in [0.3, 0.4) is 0 Å². The molecule has 0 amide bonds. The molecule has 3 aromatic rings. The Morgan fingerprint density at radius 3 is 2.38 bits per heavy atom. The zero-order valence-corrected chi connectivity index (χ0v) is 15.4. The Balaban J connectivity index is 1.96. The largest absolute Gasteiger partial charge is 0.422 e. The Morgan fingerprint density at radius 1 is 1.04 bits per heavy atom. The predicted molar refractivity (Wildman–Crippen MR) is 106 cm³/mol. The number of ketones is 1. The molecule has 1 heterocycles. The lowest BCUT2D eigenvalue weighted by atomic mass is 10.1. The lowest BCUT2D eigenvalue weighted by Gasteiger charge is -2.16. The summed E-state index contributed by atoms with van der Waals surface area (Å²) in [7, 11) is 3.89. The van der Waals surface area contributed by atoms with Crippen molar-refractivity contribution in [3.05, 3.63) is 81.2 Å². The van der Waals surface area contributed by atoms with E-state index in [0.29, 0.717) is 16.7 Å². The zero-order chi connectivity index (χ0) is 18.8. The summed E-state index contributed by atoms with van der Waals surface area (Å²) in [5.41, 5.74) is 4.19. The summed E-state index contributed by atoms with van der Waals surface area (Å²) in [6.07, 6.45) is 2.92. The van der Waals surface area contributed by atoms with Crippen molar-refractivity contribution in [3.8, 4) is 0 Å². The number of aryl methyl sites for hydroxylation is 2. The fraction of sp³-hybridized carbons (Fsp3) is 0.182. The third-order valence-corrected chi connectivity index (χ3v) is 4.31. The highest BCUT2D eigenvalue weighted by Gasteiger charge is 2.09. The number of carbonyl (C=O) groups is 1. The molecule has 0 fully saturated rings. The van der Waals surface area contributed by atoms with Crippen LogP contribution in [0.2, 0.25) is 0 Å². The number of nitrogens with zero attached hydrogens (tertiary/aromatic N) is 1. The molecule has 4 heteroatoms. The fourth-order valence-electron chi connectivity index (χ4n) is 2.86. The minimum absolute atomic E-state index is 0.149. The van der Waals surface area contributed by atoms with E-state index in [-0.39, 0.29) is 5.78 Å². The summed E-state index contributed by atoms with van der Waals surface area (Å²) >= 11 is 0. The first-order valence-corrected chi connectivity index (χ1v) is 8.40. The van der Waals surface area contributed by atoms with Crippen LogP contribution in [0, 0.1) is 13.8 Å². The molecule has 0 atom stereocenters. The maximum atomic E-state index is 12.3. The Hall–Kier alpha value is -3.14. The second kappa shape index (κ2) is 7.00. The molecule has 2 aromatic carbocycles. The Bertz CT molecular complexity index is 1060. The number of rotatable bonds is 4. The van der Waals surface area contributed by atoms with E-state index in [1.54, 1.807) is 18.2 Å². The van der Waals surface area contributed by atoms with E-state index in [0.717, 1.165) is 22.2 Å². The SMILES string of the molecule is Cc1ccc(C(=O)/C=C/c2cc3cc(C)c(N(C)C)cc3oc2=O)cc1. The highest BCUT2D eigenvalue weighted by molar-refractivity contribution is 6.06. The van der Waals surface area contributed by atoms with Gasteiger partial charge in [-0.15, -0.1) is 0 Å². The van der Waals surface area contributed by atoms with Gasteiger partial charge in [-0.2, -0.15) is 0 Å². The van der Waals surface area contributed by atoms with Crippen LogP contribution in [-0.2, 0) is 0 Å². The predicted octanol–water partition coefficient (Wildman–Crippen LogP) is 4.37. The third kappa shape index (κ3) is 3.59. The molecule has 26 heavy (non-hydrogen) atoms. The van der Waals surface area contributed by atoms with Crippen molar-refractivity contribution < 1.29 is 9.21 Å². The summed E-state index contributed by atoms with van der Waals surface area (Å²) in [6, 6.07) is 12.9. The van der Waals surface area contributed by atoms with Gasteiger partial charge in [0.05, 0.1) is 5.56 Å². The lowest BCUT2D eigenvalue weighted by Crippen LogP contribution is -2.10. The highest BCUT2D eigenvalue weighted by atomic mass is 16.4. The molecule has 0 aliphatic rings. The van der Waals surface area contributed by atoms with Crippen LogP contribution >= 0.6 is 0 Å². The molecule has 0 aliphatic carbocycles. The number of carbonyl (C=O) groups excluding carboxylic acids is 1. The van der Waals surface area contributed by atoms with Crippen LogP contribution in [0.1, 0.15) is 27.0 Å². The van der Waals surface area contributed by atoms with Crippen LogP contribution in [0.25, 0.3) is 17.0 Å². The average molecular weight is 347 g/mol. The van der Waals surface area contributed by atoms with Gasteiger partial charge in [0, 0.05) is 36.8 Å². The molecule has 0 bridgehead atoms. The number of anilines is 1. The lowest BCUT2D eigenvalue weighted by molar-refractivity contribution is 0.104. The summed E-state index contributed by atoms with van der Waals surface area (Å²) in [6.45, 7) is 3.98. The summed E-state index contributed by atoms with van der Waals surface area (Å²) in [4.78, 5) is 26.5. The molecule has 0 saturated heterocycles. The highest BCUT2D eigenvalue weighted by Crippen LogP contribution is 2.25. The average Bonchev–Trinajstić information content (AvgIpc) is 2.60. The number of allylic oxidation sites excluding steroid dienone is 1. The van der Waals surface area contributed by atoms with Crippen LogP contribution in [0.15, 0.2) is 57.8 Å². The van der Waals surface area contributed by atoms with E-state index < -0.39 is 5.63 Å². The summed E-state index contributed by atoms with van der Waals surface area (Å²) < 4.78 is 5.45. The van der Waals surface area contributed by atoms with E-state index in [9.17, 15) is 9.59 Å². The van der Waals surface area contributed by atoms with Crippen molar-refractivity contribution >= 4 is 28.5 Å². The molecule has 0 aliphatic heterocycles. The van der Waals surface area contributed by atoms with Gasteiger partial charge in [-0.05, 0) is 43.7 Å². The van der Waals surface area contributed by atoms with Gasteiger partial charge in [-0.1, -0.05) is 29.8 Å². The van der Waals surface area contributed by atoms with Gasteiger partial charge in [0.15, 0.2) is 5.78 Å². The fourth-order valence-corrected chi connectivity index (χ4v) is 2.86. The summed E-state index contributed by atoms with van der Waals surface area (Å²) in [5, 5.41) is 0.829. The molecule has 0 spiro atoms. The Labute approximate surface area is 152 Å². The van der Waals surface area contributed by atoms with E-state index in [2.05, 4.69) is 0 Å². The van der Waals surface area contributed by atoms with E-state index in [1.165, 1.54) is 12.2 Å². The first-order chi connectivity index (χ1) is 12.3. The Kier molecular flexibility index (Phi) is 4.76. The molecule has 0 saturated carbocycles. The van der Waals surface area contributed by atoms with Gasteiger partial charge < -0.3 is 9.32 Å². The van der Waals surface area contributed by atoms with Gasteiger partial charge >= 0.3 is 5.63 Å². The molecule has 132 valence electrons. The van der Waals surface area contributed by atoms with E-state index >= 15 is 0 Å². The maximum absolute atomic E-state index is 12.3. The minimum atomic E-state index is -0.459. The number of hydrogen-bond donors (Lipinski definition) is 0. The van der Waals surface area contributed by atoms with Gasteiger partial charge in [0.1, 0.15) is 5.58 Å². The second-order valence-corrected chi connectivity index (χ2v) is 6.62. The monoisotopic (exact) mass is 347 g/mol. The van der Waals surface area contributed by atoms with Crippen molar-refractivity contribution in [1.29, 1.82) is 0 Å². The van der Waals surface area contributed by atoms with Gasteiger partial charge in [0.2, 0.25) is 0 Å². The van der Waals surface area contributed by atoms with Crippen LogP contribution in [0.4, 0.5) is 5.69 Å². The molecule has 1 aromatic heterocycles. The number of fused-ring (bicyclic) bond motifs is 1. The number of hydrogen-bond acceptors (Lipinski definition) is 4. The maximum Gasteiger partial charge on any atom is 0.343 e. The Morgan fingerprint density at radius 2 is 1.73 bits per heavy atom. The molecular weight excluding hydrogens is 326 g/mol. The van der Waals surface area contributed by atoms with Crippen molar-refractivity contribution in [2.45, 2.75) is 13.8 Å². The smallest absolute Gasteiger partial charge is 0.343 e.